The standard InChI is InChI=1S/C63H84F4N4O6/c1-7-74-54-28-46(40-71(73,44(6)27-58-43(5)26-51(64)34-61(58)66)41-53-18-14-23-69(53)38-45-15-11-10-12-16-45)29-55(35-54)77-24-21-47-30-49(47)33-59-60(65)20-19-48(62(59)67)25-42(4)37-70(39-52-17-13-22-68-52)63(72)50-31-56(75-8-2)36-57(32-50)76-9-3/h19-20,25,27-29,31-32,34-36,43,45,47,49,52-53,68H,7-18,21-24,26,30,33,37-41H2,1-6H3/b42-25+,44-27+/t43?,47-,49?,52?,53?,71?/m0/s1. The molecular formula is C63H84F4N4O6. The quantitative estimate of drug-likeness (QED) is 0.0483. The van der Waals surface area contributed by atoms with E-state index in [1.165, 1.54) is 44.2 Å². The second-order valence-corrected chi connectivity index (χ2v) is 22.6. The normalized spacial score (nSPS) is 23.2. The molecule has 1 N–H and O–H groups in total. The van der Waals surface area contributed by atoms with Gasteiger partial charge in [-0.3, -0.25) is 9.69 Å². The fraction of sp³-hybridized carbons (Fsp3) is 0.571. The molecule has 14 heteroatoms. The summed E-state index contributed by atoms with van der Waals surface area (Å²) < 4.78 is 84.8. The molecule has 2 heterocycles. The van der Waals surface area contributed by atoms with Gasteiger partial charge in [0.1, 0.15) is 58.5 Å². The average molecular weight is 1070 g/mol. The number of likely N-dealkylation sites (tertiary alicyclic amines) is 1. The van der Waals surface area contributed by atoms with Crippen LogP contribution in [0.1, 0.15) is 146 Å². The van der Waals surface area contributed by atoms with Gasteiger partial charge < -0.3 is 39.0 Å². The first-order valence-electron chi connectivity index (χ1n) is 28.8. The molecule has 10 nitrogen and oxygen atoms in total. The summed E-state index contributed by atoms with van der Waals surface area (Å²) in [5, 5.41) is 19.1. The molecule has 5 unspecified atom stereocenters. The lowest BCUT2D eigenvalue weighted by Gasteiger charge is -2.46. The van der Waals surface area contributed by atoms with Gasteiger partial charge in [0.2, 0.25) is 0 Å². The predicted octanol–water partition coefficient (Wildman–Crippen LogP) is 14.0. The molecule has 4 fully saturated rings. The molecule has 0 bridgehead atoms. The topological polar surface area (TPSA) is 95.6 Å². The highest BCUT2D eigenvalue weighted by Gasteiger charge is 2.39. The third-order valence-electron chi connectivity index (χ3n) is 16.5. The number of quaternary nitrogens is 1. The summed E-state index contributed by atoms with van der Waals surface area (Å²) in [6.45, 7) is 16.7. The van der Waals surface area contributed by atoms with Crippen LogP contribution in [0.15, 0.2) is 89.2 Å². The Labute approximate surface area is 455 Å². The lowest BCUT2D eigenvalue weighted by atomic mass is 9.89. The molecule has 2 saturated carbocycles. The Kier molecular flexibility index (Phi) is 20.4. The monoisotopic (exact) mass is 1070 g/mol. The van der Waals surface area contributed by atoms with Crippen LogP contribution in [0.5, 0.6) is 23.0 Å². The van der Waals surface area contributed by atoms with Gasteiger partial charge in [-0.05, 0) is 164 Å². The van der Waals surface area contributed by atoms with E-state index in [0.29, 0.717) is 91.7 Å². The molecule has 8 rings (SSSR count). The van der Waals surface area contributed by atoms with Gasteiger partial charge in [-0.25, -0.2) is 17.6 Å². The van der Waals surface area contributed by atoms with Crippen LogP contribution < -0.4 is 24.3 Å². The molecule has 77 heavy (non-hydrogen) atoms. The van der Waals surface area contributed by atoms with Crippen LogP contribution in [0.25, 0.3) is 6.08 Å². The third-order valence-corrected chi connectivity index (χ3v) is 16.5. The molecule has 6 atom stereocenters. The van der Waals surface area contributed by atoms with Gasteiger partial charge in [0, 0.05) is 85.6 Å². The summed E-state index contributed by atoms with van der Waals surface area (Å²) in [5.74, 6) is 0.271. The van der Waals surface area contributed by atoms with E-state index in [1.807, 2.05) is 45.9 Å². The average Bonchev–Trinajstić information content (AvgIpc) is 3.67. The largest absolute Gasteiger partial charge is 0.627 e. The third kappa shape index (κ3) is 15.8. The number of carbonyl (C=O) groups excluding carboxylic acids is 1. The molecule has 420 valence electrons. The number of hydrogen-bond donors (Lipinski definition) is 1. The van der Waals surface area contributed by atoms with E-state index in [4.69, 9.17) is 18.9 Å². The Morgan fingerprint density at radius 2 is 1.52 bits per heavy atom. The van der Waals surface area contributed by atoms with Gasteiger partial charge >= 0.3 is 0 Å². The summed E-state index contributed by atoms with van der Waals surface area (Å²) in [4.78, 5) is 18.5. The second-order valence-electron chi connectivity index (χ2n) is 22.6. The van der Waals surface area contributed by atoms with Gasteiger partial charge in [-0.15, -0.1) is 0 Å². The maximum Gasteiger partial charge on any atom is 0.254 e. The van der Waals surface area contributed by atoms with E-state index >= 15 is 18.4 Å². The maximum atomic E-state index is 16.4. The van der Waals surface area contributed by atoms with E-state index in [2.05, 4.69) is 10.2 Å². The first kappa shape index (κ1) is 58.0. The van der Waals surface area contributed by atoms with Gasteiger partial charge in [-0.2, -0.15) is 0 Å². The van der Waals surface area contributed by atoms with Crippen molar-refractivity contribution in [3.63, 3.8) is 0 Å². The highest BCUT2D eigenvalue weighted by atomic mass is 19.1. The molecule has 0 radical (unpaired) electrons. The smallest absolute Gasteiger partial charge is 0.254 e. The second kappa shape index (κ2) is 27.1. The number of benzene rings is 3. The van der Waals surface area contributed by atoms with E-state index in [-0.39, 0.29) is 66.9 Å². The first-order valence-corrected chi connectivity index (χ1v) is 28.8. The lowest BCUT2D eigenvalue weighted by molar-refractivity contribution is -0.858. The Bertz CT molecular complexity index is 2600. The number of hydroxylamine groups is 3. The number of hydrogen-bond acceptors (Lipinski definition) is 8. The van der Waals surface area contributed by atoms with E-state index in [0.717, 1.165) is 69.0 Å². The van der Waals surface area contributed by atoms with Gasteiger partial charge in [0.25, 0.3) is 5.91 Å². The molecule has 1 amide bonds. The first-order chi connectivity index (χ1) is 37.1. The Hall–Kier alpha value is -5.15. The van der Waals surface area contributed by atoms with Crippen molar-refractivity contribution in [3.8, 4) is 23.0 Å². The van der Waals surface area contributed by atoms with Crippen molar-refractivity contribution < 1.29 is 45.9 Å². The number of nitrogens with one attached hydrogen (secondary N) is 1. The van der Waals surface area contributed by atoms with Crippen LogP contribution in [0.2, 0.25) is 0 Å². The number of halogens is 4. The van der Waals surface area contributed by atoms with Crippen LogP contribution in [0.4, 0.5) is 17.6 Å². The number of allylic oxidation sites excluding steroid dienone is 6. The van der Waals surface area contributed by atoms with Gasteiger partial charge in [-0.1, -0.05) is 37.8 Å². The van der Waals surface area contributed by atoms with E-state index in [9.17, 15) is 9.18 Å². The van der Waals surface area contributed by atoms with Crippen LogP contribution in [-0.4, -0.2) is 98.1 Å². The fourth-order valence-electron chi connectivity index (χ4n) is 12.3. The number of rotatable bonds is 26. The molecule has 5 aliphatic rings. The van der Waals surface area contributed by atoms with Crippen molar-refractivity contribution in [3.05, 3.63) is 128 Å². The van der Waals surface area contributed by atoms with Crippen LogP contribution in [0, 0.1) is 40.5 Å². The SMILES string of the molecule is CCOc1cc(C[N+]([O-])(CC2CCCN2CC2CCCCC2)/C(C)=C/C2=C(F)C=C(F)CC2C)cc(OCC[C@H]2CC2Cc2c(F)ccc(/C=C(\C)CN(CC3CCCN3)C(=O)c3cc(OCC)cc(OCC)c3)c2F)c1. The fourth-order valence-corrected chi connectivity index (χ4v) is 12.3. The van der Waals surface area contributed by atoms with Gasteiger partial charge in [0.05, 0.1) is 39.0 Å². The zero-order chi connectivity index (χ0) is 54.6. The van der Waals surface area contributed by atoms with Crippen LogP contribution >= 0.6 is 0 Å². The lowest BCUT2D eigenvalue weighted by Crippen LogP contribution is -2.49. The molecule has 3 aromatic rings. The molecule has 3 aliphatic carbocycles. The van der Waals surface area contributed by atoms with E-state index in [1.54, 1.807) is 49.1 Å². The highest BCUT2D eigenvalue weighted by molar-refractivity contribution is 5.95. The van der Waals surface area contributed by atoms with Crippen LogP contribution in [-0.2, 0) is 13.0 Å². The summed E-state index contributed by atoms with van der Waals surface area (Å²) >= 11 is 0. The summed E-state index contributed by atoms with van der Waals surface area (Å²) in [6.07, 6.45) is 16.3. The Morgan fingerprint density at radius 3 is 2.18 bits per heavy atom. The number of ether oxygens (including phenoxy) is 4. The molecule has 3 aromatic carbocycles. The minimum Gasteiger partial charge on any atom is -0.627 e. The van der Waals surface area contributed by atoms with Crippen molar-refractivity contribution >= 4 is 12.0 Å². The Balaban J connectivity index is 0.931. The summed E-state index contributed by atoms with van der Waals surface area (Å²) in [7, 11) is 0. The molecular weight excluding hydrogens is 985 g/mol. The number of amides is 1. The number of carbonyl (C=O) groups is 1. The summed E-state index contributed by atoms with van der Waals surface area (Å²) in [6, 6.07) is 13.9. The predicted molar refractivity (Wildman–Crippen MR) is 297 cm³/mol. The van der Waals surface area contributed by atoms with Crippen molar-refractivity contribution in [2.45, 2.75) is 144 Å². The highest BCUT2D eigenvalue weighted by Crippen LogP contribution is 2.45. The summed E-state index contributed by atoms with van der Waals surface area (Å²) in [5.41, 5.74) is 3.09. The maximum absolute atomic E-state index is 16.4. The molecule has 2 saturated heterocycles. The van der Waals surface area contributed by atoms with Crippen LogP contribution in [0.3, 0.4) is 0 Å². The molecule has 2 aliphatic heterocycles. The van der Waals surface area contributed by atoms with Gasteiger partial charge in [0.15, 0.2) is 0 Å². The van der Waals surface area contributed by atoms with Crippen molar-refractivity contribution in [1.82, 2.24) is 15.1 Å². The Morgan fingerprint density at radius 1 is 0.831 bits per heavy atom. The van der Waals surface area contributed by atoms with Crippen molar-refractivity contribution in [2.75, 3.05) is 65.7 Å². The minimum absolute atomic E-state index is 0.0622. The van der Waals surface area contributed by atoms with E-state index < -0.39 is 33.9 Å². The van der Waals surface area contributed by atoms with Crippen molar-refractivity contribution in [1.29, 1.82) is 0 Å². The zero-order valence-corrected chi connectivity index (χ0v) is 46.6. The minimum atomic E-state index is -0.694. The molecule has 0 spiro atoms. The van der Waals surface area contributed by atoms with Crippen molar-refractivity contribution in [2.24, 2.45) is 23.7 Å². The molecule has 0 aromatic heterocycles. The zero-order valence-electron chi connectivity index (χ0n) is 46.6. The number of nitrogens with zero attached hydrogens (tertiary/aromatic N) is 3.